The Morgan fingerprint density at radius 3 is 2.18 bits per heavy atom. The number of methoxy groups -OCH3 is 3. The minimum absolute atomic E-state index is 0.0892. The monoisotopic (exact) mass is 492 g/mol. The van der Waals surface area contributed by atoms with Gasteiger partial charge in [0.25, 0.3) is 11.6 Å². The summed E-state index contributed by atoms with van der Waals surface area (Å²) in [6.07, 6.45) is 1.55. The summed E-state index contributed by atoms with van der Waals surface area (Å²) >= 11 is 6.21. The predicted molar refractivity (Wildman–Crippen MR) is 124 cm³/mol. The van der Waals surface area contributed by atoms with Gasteiger partial charge in [-0.2, -0.15) is 0 Å². The smallest absolute Gasteiger partial charge is 0.300 e. The van der Waals surface area contributed by atoms with Gasteiger partial charge in [-0.25, -0.2) is 5.01 Å². The lowest BCUT2D eigenvalue weighted by Crippen LogP contribution is -2.34. The number of amides is 1. The number of carbonyl (C=O) groups is 1. The Bertz CT molecular complexity index is 1180. The van der Waals surface area contributed by atoms with E-state index in [0.717, 1.165) is 35.0 Å². The summed E-state index contributed by atoms with van der Waals surface area (Å²) in [5.74, 6) is 0.597. The Balaban J connectivity index is 1.93. The number of rotatable bonds is 8. The van der Waals surface area contributed by atoms with Gasteiger partial charge < -0.3 is 14.2 Å². The molecule has 1 fully saturated rings. The van der Waals surface area contributed by atoms with Crippen LogP contribution in [0, 0.1) is 20.2 Å². The van der Waals surface area contributed by atoms with Crippen molar-refractivity contribution in [3.8, 4) is 17.2 Å². The Hall–Kier alpha value is -3.91. The first kappa shape index (κ1) is 23.7. The molecule has 2 aromatic rings. The zero-order valence-electron chi connectivity index (χ0n) is 17.4. The third kappa shape index (κ3) is 4.80. The fourth-order valence-corrected chi connectivity index (χ4v) is 4.08. The number of hydrogen-bond acceptors (Lipinski definition) is 11. The molecule has 0 atom stereocenters. The number of nitro groups is 2. The molecular weight excluding hydrogens is 476 g/mol. The Morgan fingerprint density at radius 1 is 1.03 bits per heavy atom. The summed E-state index contributed by atoms with van der Waals surface area (Å²) in [6, 6.07) is 6.30. The third-order valence-corrected chi connectivity index (χ3v) is 5.70. The first-order valence-corrected chi connectivity index (χ1v) is 10.2. The van der Waals surface area contributed by atoms with Crippen LogP contribution in [0.25, 0.3) is 6.08 Å². The average molecular weight is 492 g/mol. The molecule has 1 aliphatic rings. The number of hydrogen-bond donors (Lipinski definition) is 1. The zero-order valence-corrected chi connectivity index (χ0v) is 19.0. The standard InChI is InChI=1S/C19H16N4O8S2/c1-29-14-6-10(7-15(30-2)17(14)31-3)8-16-18(24)21(19(32)33-16)20-12-5-4-11(22(25)26)9-13(12)23(27)28/h4-9,20H,1-3H3/b16-8+. The maximum atomic E-state index is 12.9. The van der Waals surface area contributed by atoms with Crippen LogP contribution >= 0.6 is 24.0 Å². The van der Waals surface area contributed by atoms with E-state index in [2.05, 4.69) is 5.43 Å². The molecular formula is C19H16N4O8S2. The van der Waals surface area contributed by atoms with Gasteiger partial charge >= 0.3 is 5.69 Å². The van der Waals surface area contributed by atoms with Gasteiger partial charge in [0.2, 0.25) is 5.75 Å². The fraction of sp³-hybridized carbons (Fsp3) is 0.158. The first-order valence-electron chi connectivity index (χ1n) is 8.97. The summed E-state index contributed by atoms with van der Waals surface area (Å²) in [5.41, 5.74) is 1.98. The SMILES string of the molecule is COc1cc(/C=C2/SC(=S)N(Nc3ccc([N+](=O)[O-])cc3[N+](=O)[O-])C2=O)cc(OC)c1OC. The van der Waals surface area contributed by atoms with Crippen LogP contribution in [0.2, 0.25) is 0 Å². The van der Waals surface area contributed by atoms with E-state index in [9.17, 15) is 25.0 Å². The number of carbonyl (C=O) groups excluding carboxylic acids is 1. The van der Waals surface area contributed by atoms with E-state index in [1.165, 1.54) is 21.3 Å². The molecule has 0 saturated carbocycles. The average Bonchev–Trinajstić information content (AvgIpc) is 3.05. The number of ether oxygens (including phenoxy) is 3. The molecule has 3 rings (SSSR count). The van der Waals surface area contributed by atoms with Crippen molar-refractivity contribution in [3.63, 3.8) is 0 Å². The summed E-state index contributed by atoms with van der Waals surface area (Å²) in [6.45, 7) is 0. The van der Waals surface area contributed by atoms with Crippen molar-refractivity contribution < 1.29 is 28.9 Å². The van der Waals surface area contributed by atoms with E-state index in [1.807, 2.05) is 0 Å². The van der Waals surface area contributed by atoms with E-state index >= 15 is 0 Å². The fourth-order valence-electron chi connectivity index (χ4n) is 2.90. The maximum absolute atomic E-state index is 12.9. The number of nitrogens with one attached hydrogen (secondary N) is 1. The molecule has 1 aliphatic heterocycles. The van der Waals surface area contributed by atoms with Gasteiger partial charge in [-0.3, -0.25) is 30.4 Å². The zero-order chi connectivity index (χ0) is 24.3. The highest BCUT2D eigenvalue weighted by Gasteiger charge is 2.34. The molecule has 172 valence electrons. The highest BCUT2D eigenvalue weighted by Crippen LogP contribution is 2.40. The molecule has 0 bridgehead atoms. The molecule has 0 aliphatic carbocycles. The van der Waals surface area contributed by atoms with Gasteiger partial charge in [-0.05, 0) is 42.1 Å². The highest BCUT2D eigenvalue weighted by atomic mass is 32.2. The number of benzene rings is 2. The maximum Gasteiger partial charge on any atom is 0.300 e. The van der Waals surface area contributed by atoms with E-state index in [-0.39, 0.29) is 14.9 Å². The largest absolute Gasteiger partial charge is 0.493 e. The van der Waals surface area contributed by atoms with Crippen molar-refractivity contribution in [3.05, 3.63) is 61.0 Å². The molecule has 0 unspecified atom stereocenters. The van der Waals surface area contributed by atoms with Crippen LogP contribution < -0.4 is 19.6 Å². The molecule has 1 saturated heterocycles. The van der Waals surface area contributed by atoms with Gasteiger partial charge in [0.05, 0.1) is 42.1 Å². The minimum atomic E-state index is -0.793. The van der Waals surface area contributed by atoms with Gasteiger partial charge in [0, 0.05) is 6.07 Å². The quantitative estimate of drug-likeness (QED) is 0.249. The molecule has 2 aromatic carbocycles. The minimum Gasteiger partial charge on any atom is -0.493 e. The number of nitro benzene ring substituents is 2. The Morgan fingerprint density at radius 2 is 1.67 bits per heavy atom. The van der Waals surface area contributed by atoms with Gasteiger partial charge in [-0.15, -0.1) is 0 Å². The highest BCUT2D eigenvalue weighted by molar-refractivity contribution is 8.26. The number of nitrogens with zero attached hydrogens (tertiary/aromatic N) is 3. The van der Waals surface area contributed by atoms with Crippen molar-refractivity contribution in [1.29, 1.82) is 0 Å². The summed E-state index contributed by atoms with van der Waals surface area (Å²) < 4.78 is 16.0. The number of non-ortho nitro benzene ring substituents is 1. The van der Waals surface area contributed by atoms with Gasteiger partial charge in [0.15, 0.2) is 15.8 Å². The van der Waals surface area contributed by atoms with Gasteiger partial charge in [-0.1, -0.05) is 11.8 Å². The van der Waals surface area contributed by atoms with Crippen molar-refractivity contribution in [2.45, 2.75) is 0 Å². The van der Waals surface area contributed by atoms with Crippen LogP contribution in [0.5, 0.6) is 17.2 Å². The summed E-state index contributed by atoms with van der Waals surface area (Å²) in [7, 11) is 4.39. The van der Waals surface area contributed by atoms with E-state index in [1.54, 1.807) is 18.2 Å². The van der Waals surface area contributed by atoms with E-state index < -0.39 is 27.1 Å². The molecule has 12 nitrogen and oxygen atoms in total. The molecule has 1 heterocycles. The second-order valence-electron chi connectivity index (χ2n) is 6.30. The molecule has 14 heteroatoms. The van der Waals surface area contributed by atoms with E-state index in [4.69, 9.17) is 26.4 Å². The Labute approximate surface area is 196 Å². The third-order valence-electron chi connectivity index (χ3n) is 4.40. The van der Waals surface area contributed by atoms with Crippen LogP contribution in [0.4, 0.5) is 17.1 Å². The van der Waals surface area contributed by atoms with Crippen molar-refractivity contribution in [2.75, 3.05) is 26.8 Å². The van der Waals surface area contributed by atoms with Crippen molar-refractivity contribution in [1.82, 2.24) is 5.01 Å². The normalized spacial score (nSPS) is 14.4. The number of hydrazine groups is 1. The second-order valence-corrected chi connectivity index (χ2v) is 7.98. The van der Waals surface area contributed by atoms with Crippen LogP contribution in [0.3, 0.4) is 0 Å². The lowest BCUT2D eigenvalue weighted by Gasteiger charge is -2.16. The summed E-state index contributed by atoms with van der Waals surface area (Å²) in [5, 5.41) is 23.2. The summed E-state index contributed by atoms with van der Waals surface area (Å²) in [4.78, 5) is 33.9. The first-order chi connectivity index (χ1) is 15.7. The predicted octanol–water partition coefficient (Wildman–Crippen LogP) is 3.76. The number of anilines is 1. The Kier molecular flexibility index (Phi) is 6.98. The number of thioether (sulfide) groups is 1. The lowest BCUT2D eigenvalue weighted by molar-refractivity contribution is -0.393. The molecule has 1 amide bonds. The van der Waals surface area contributed by atoms with Crippen LogP contribution in [0.1, 0.15) is 5.56 Å². The van der Waals surface area contributed by atoms with Crippen molar-refractivity contribution in [2.24, 2.45) is 0 Å². The van der Waals surface area contributed by atoms with Crippen LogP contribution in [-0.4, -0.2) is 46.4 Å². The van der Waals surface area contributed by atoms with Gasteiger partial charge in [0.1, 0.15) is 5.69 Å². The molecule has 0 spiro atoms. The van der Waals surface area contributed by atoms with Crippen LogP contribution in [0.15, 0.2) is 35.2 Å². The van der Waals surface area contributed by atoms with Crippen LogP contribution in [-0.2, 0) is 4.79 Å². The second kappa shape index (κ2) is 9.70. The molecule has 1 N–H and O–H groups in total. The van der Waals surface area contributed by atoms with Crippen molar-refractivity contribution >= 4 is 57.3 Å². The number of thiocarbonyl (C=S) groups is 1. The van der Waals surface area contributed by atoms with E-state index in [0.29, 0.717) is 22.8 Å². The molecule has 0 aromatic heterocycles. The lowest BCUT2D eigenvalue weighted by atomic mass is 10.1. The topological polar surface area (TPSA) is 146 Å². The molecule has 0 radical (unpaired) electrons. The molecule has 33 heavy (non-hydrogen) atoms.